The van der Waals surface area contributed by atoms with Gasteiger partial charge in [0.2, 0.25) is 5.78 Å². The largest absolute Gasteiger partial charge is 0.507 e. The molecular formula is C14H12O4. The van der Waals surface area contributed by atoms with E-state index in [1.807, 2.05) is 0 Å². The molecule has 2 rings (SSSR count). The number of para-hydroxylation sites is 1. The zero-order valence-corrected chi connectivity index (χ0v) is 9.75. The van der Waals surface area contributed by atoms with Gasteiger partial charge in [-0.15, -0.1) is 0 Å². The number of methoxy groups -OCH3 is 1. The Labute approximate surface area is 104 Å². The highest BCUT2D eigenvalue weighted by Gasteiger charge is 2.17. The Morgan fingerprint density at radius 3 is 2.33 bits per heavy atom. The van der Waals surface area contributed by atoms with Gasteiger partial charge in [-0.25, -0.2) is 0 Å². The molecule has 0 atom stereocenters. The van der Waals surface area contributed by atoms with Crippen LogP contribution in [0.3, 0.4) is 0 Å². The lowest BCUT2D eigenvalue weighted by Crippen LogP contribution is -2.02. The number of hydrogen-bond acceptors (Lipinski definition) is 4. The van der Waals surface area contributed by atoms with Gasteiger partial charge in [-0.1, -0.05) is 12.1 Å². The maximum atomic E-state index is 12.2. The van der Waals surface area contributed by atoms with Crippen LogP contribution in [0.2, 0.25) is 0 Å². The van der Waals surface area contributed by atoms with Crippen molar-refractivity contribution >= 4 is 5.78 Å². The van der Waals surface area contributed by atoms with Gasteiger partial charge in [-0.05, 0) is 30.3 Å². The molecule has 0 unspecified atom stereocenters. The third kappa shape index (κ3) is 2.13. The average molecular weight is 244 g/mol. The molecule has 18 heavy (non-hydrogen) atoms. The van der Waals surface area contributed by atoms with Crippen molar-refractivity contribution < 1.29 is 19.7 Å². The van der Waals surface area contributed by atoms with Crippen LogP contribution in [0.1, 0.15) is 15.9 Å². The summed E-state index contributed by atoms with van der Waals surface area (Å²) in [5, 5.41) is 19.3. The Balaban J connectivity index is 2.49. The second-order valence-electron chi connectivity index (χ2n) is 3.73. The maximum Gasteiger partial charge on any atom is 0.200 e. The molecule has 0 amide bonds. The average Bonchev–Trinajstić information content (AvgIpc) is 2.39. The first-order chi connectivity index (χ1) is 8.63. The lowest BCUT2D eigenvalue weighted by molar-refractivity contribution is 0.103. The monoisotopic (exact) mass is 244 g/mol. The van der Waals surface area contributed by atoms with Crippen LogP contribution in [0, 0.1) is 0 Å². The van der Waals surface area contributed by atoms with Gasteiger partial charge in [0, 0.05) is 0 Å². The van der Waals surface area contributed by atoms with Crippen LogP contribution < -0.4 is 4.74 Å². The molecule has 0 aliphatic carbocycles. The van der Waals surface area contributed by atoms with Crippen LogP contribution >= 0.6 is 0 Å². The van der Waals surface area contributed by atoms with E-state index in [2.05, 4.69) is 0 Å². The maximum absolute atomic E-state index is 12.2. The van der Waals surface area contributed by atoms with E-state index in [1.165, 1.54) is 31.4 Å². The predicted octanol–water partition coefficient (Wildman–Crippen LogP) is 2.34. The summed E-state index contributed by atoms with van der Waals surface area (Å²) in [5.41, 5.74) is 0.233. The molecule has 0 saturated heterocycles. The second kappa shape index (κ2) is 4.79. The fraction of sp³-hybridized carbons (Fsp3) is 0.0714. The van der Waals surface area contributed by atoms with Crippen molar-refractivity contribution in [2.24, 2.45) is 0 Å². The third-order valence-electron chi connectivity index (χ3n) is 2.60. The number of hydrogen-bond donors (Lipinski definition) is 2. The lowest BCUT2D eigenvalue weighted by atomic mass is 10.0. The van der Waals surface area contributed by atoms with Gasteiger partial charge in [-0.2, -0.15) is 0 Å². The van der Waals surface area contributed by atoms with Gasteiger partial charge in [0.15, 0.2) is 0 Å². The zero-order chi connectivity index (χ0) is 13.1. The quantitative estimate of drug-likeness (QED) is 0.813. The summed E-state index contributed by atoms with van der Waals surface area (Å²) in [4.78, 5) is 12.2. The van der Waals surface area contributed by atoms with Crippen molar-refractivity contribution in [2.75, 3.05) is 7.11 Å². The minimum Gasteiger partial charge on any atom is -0.507 e. The number of benzene rings is 2. The predicted molar refractivity (Wildman–Crippen MR) is 66.2 cm³/mol. The van der Waals surface area contributed by atoms with E-state index in [4.69, 9.17) is 4.74 Å². The summed E-state index contributed by atoms with van der Waals surface area (Å²) in [6.45, 7) is 0. The highest BCUT2D eigenvalue weighted by Crippen LogP contribution is 2.28. The van der Waals surface area contributed by atoms with E-state index in [9.17, 15) is 15.0 Å². The Hall–Kier alpha value is -2.49. The molecule has 0 radical (unpaired) electrons. The van der Waals surface area contributed by atoms with E-state index in [0.29, 0.717) is 5.75 Å². The number of phenolic OH excluding ortho intramolecular Hbond substituents is 2. The van der Waals surface area contributed by atoms with Crippen molar-refractivity contribution in [1.82, 2.24) is 0 Å². The van der Waals surface area contributed by atoms with Crippen LogP contribution in [-0.2, 0) is 0 Å². The molecule has 0 aliphatic heterocycles. The number of ether oxygens (including phenoxy) is 1. The first-order valence-electron chi connectivity index (χ1n) is 5.33. The van der Waals surface area contributed by atoms with Crippen molar-refractivity contribution in [2.45, 2.75) is 0 Å². The Morgan fingerprint density at radius 2 is 1.67 bits per heavy atom. The minimum atomic E-state index is -0.454. The second-order valence-corrected chi connectivity index (χ2v) is 3.73. The smallest absolute Gasteiger partial charge is 0.200 e. The molecule has 0 aromatic heterocycles. The Bertz CT molecular complexity index is 590. The molecule has 0 bridgehead atoms. The lowest BCUT2D eigenvalue weighted by Gasteiger charge is -2.07. The van der Waals surface area contributed by atoms with Crippen LogP contribution in [0.15, 0.2) is 42.5 Å². The standard InChI is InChI=1S/C14H12O4/c1-18-9-6-7-13(16)11(8-9)14(17)10-4-2-3-5-12(10)15/h2-8,15-16H,1H3. The number of phenols is 2. The topological polar surface area (TPSA) is 66.8 Å². The van der Waals surface area contributed by atoms with E-state index in [-0.39, 0.29) is 22.6 Å². The van der Waals surface area contributed by atoms with E-state index >= 15 is 0 Å². The third-order valence-corrected chi connectivity index (χ3v) is 2.60. The highest BCUT2D eigenvalue weighted by molar-refractivity contribution is 6.12. The number of carbonyl (C=O) groups is 1. The molecule has 2 aromatic carbocycles. The van der Waals surface area contributed by atoms with Gasteiger partial charge in [0.1, 0.15) is 17.2 Å². The first-order valence-corrected chi connectivity index (χ1v) is 5.33. The van der Waals surface area contributed by atoms with Crippen LogP contribution in [-0.4, -0.2) is 23.1 Å². The van der Waals surface area contributed by atoms with Gasteiger partial charge in [0.25, 0.3) is 0 Å². The van der Waals surface area contributed by atoms with Gasteiger partial charge in [-0.3, -0.25) is 4.79 Å². The molecule has 0 aliphatic rings. The van der Waals surface area contributed by atoms with Crippen LogP contribution in [0.25, 0.3) is 0 Å². The van der Waals surface area contributed by atoms with Crippen molar-refractivity contribution in [3.63, 3.8) is 0 Å². The van der Waals surface area contributed by atoms with Crippen molar-refractivity contribution in [3.05, 3.63) is 53.6 Å². The van der Waals surface area contributed by atoms with Crippen LogP contribution in [0.4, 0.5) is 0 Å². The molecule has 92 valence electrons. The zero-order valence-electron chi connectivity index (χ0n) is 9.75. The molecule has 0 saturated carbocycles. The fourth-order valence-corrected chi connectivity index (χ4v) is 1.63. The van der Waals surface area contributed by atoms with E-state index in [1.54, 1.807) is 18.2 Å². The first kappa shape index (κ1) is 12.0. The van der Waals surface area contributed by atoms with Crippen LogP contribution in [0.5, 0.6) is 17.2 Å². The van der Waals surface area contributed by atoms with E-state index < -0.39 is 5.78 Å². The highest BCUT2D eigenvalue weighted by atomic mass is 16.5. The van der Waals surface area contributed by atoms with Gasteiger partial charge in [0.05, 0.1) is 18.2 Å². The number of rotatable bonds is 3. The molecule has 4 nitrogen and oxygen atoms in total. The summed E-state index contributed by atoms with van der Waals surface area (Å²) in [5.74, 6) is -0.259. The van der Waals surface area contributed by atoms with E-state index in [0.717, 1.165) is 0 Å². The molecule has 0 spiro atoms. The minimum absolute atomic E-state index is 0.0934. The van der Waals surface area contributed by atoms with Gasteiger partial charge < -0.3 is 14.9 Å². The SMILES string of the molecule is COc1ccc(O)c(C(=O)c2ccccc2O)c1. The summed E-state index contributed by atoms with van der Waals surface area (Å²) < 4.78 is 5.00. The fourth-order valence-electron chi connectivity index (χ4n) is 1.63. The summed E-state index contributed by atoms with van der Waals surface area (Å²) >= 11 is 0. The summed E-state index contributed by atoms with van der Waals surface area (Å²) in [7, 11) is 1.47. The van der Waals surface area contributed by atoms with Crippen molar-refractivity contribution in [1.29, 1.82) is 0 Å². The molecule has 0 fully saturated rings. The number of aromatic hydroxyl groups is 2. The molecule has 4 heteroatoms. The summed E-state index contributed by atoms with van der Waals surface area (Å²) in [6.07, 6.45) is 0. The number of ketones is 1. The number of carbonyl (C=O) groups excluding carboxylic acids is 1. The van der Waals surface area contributed by atoms with Crippen molar-refractivity contribution in [3.8, 4) is 17.2 Å². The Kier molecular flexibility index (Phi) is 3.19. The molecule has 0 heterocycles. The molecule has 2 N–H and O–H groups in total. The Morgan fingerprint density at radius 1 is 1.00 bits per heavy atom. The normalized spacial score (nSPS) is 10.1. The molecular weight excluding hydrogens is 232 g/mol. The summed E-state index contributed by atoms with van der Waals surface area (Å²) in [6, 6.07) is 10.6. The molecule has 2 aromatic rings. The van der Waals surface area contributed by atoms with Gasteiger partial charge >= 0.3 is 0 Å².